The van der Waals surface area contributed by atoms with E-state index in [0.717, 1.165) is 0 Å². The molecule has 2 aromatic rings. The molecule has 0 amide bonds. The van der Waals surface area contributed by atoms with Gasteiger partial charge < -0.3 is 10.5 Å². The second-order valence-electron chi connectivity index (χ2n) is 3.76. The number of rotatable bonds is 4. The minimum Gasteiger partial charge on any atom is -0.495 e. The quantitative estimate of drug-likeness (QED) is 0.826. The second kappa shape index (κ2) is 5.15. The van der Waals surface area contributed by atoms with E-state index in [1.165, 1.54) is 43.6 Å². The first-order valence-electron chi connectivity index (χ1n) is 5.40. The summed E-state index contributed by atoms with van der Waals surface area (Å²) in [5.41, 5.74) is 6.01. The first kappa shape index (κ1) is 13.2. The average Bonchev–Trinajstić information content (AvgIpc) is 2.40. The van der Waals surface area contributed by atoms with Gasteiger partial charge in [-0.2, -0.15) is 0 Å². The average molecular weight is 279 g/mol. The van der Waals surface area contributed by atoms with Crippen LogP contribution in [-0.4, -0.2) is 20.5 Å². The fraction of sp³-hybridized carbons (Fsp3) is 0.0833. The highest BCUT2D eigenvalue weighted by molar-refractivity contribution is 7.92. The number of hydrogen-bond acceptors (Lipinski definition) is 5. The number of pyridine rings is 1. The van der Waals surface area contributed by atoms with Crippen LogP contribution in [0.15, 0.2) is 47.5 Å². The number of ether oxygens (including phenoxy) is 1. The highest BCUT2D eigenvalue weighted by Gasteiger charge is 2.14. The van der Waals surface area contributed by atoms with Crippen LogP contribution in [0.3, 0.4) is 0 Å². The molecule has 1 heterocycles. The maximum absolute atomic E-state index is 12.0. The summed E-state index contributed by atoms with van der Waals surface area (Å²) in [6, 6.07) is 9.05. The Morgan fingerprint density at radius 2 is 1.84 bits per heavy atom. The smallest absolute Gasteiger partial charge is 0.263 e. The molecule has 100 valence electrons. The maximum atomic E-state index is 12.0. The van der Waals surface area contributed by atoms with Crippen LogP contribution in [0.2, 0.25) is 0 Å². The molecule has 6 nitrogen and oxygen atoms in total. The predicted molar refractivity (Wildman–Crippen MR) is 72.5 cm³/mol. The summed E-state index contributed by atoms with van der Waals surface area (Å²) in [5, 5.41) is 0. The lowest BCUT2D eigenvalue weighted by molar-refractivity contribution is 0.413. The van der Waals surface area contributed by atoms with E-state index in [4.69, 9.17) is 10.5 Å². The molecular formula is C12H13N3O3S. The molecule has 0 radical (unpaired) electrons. The standard InChI is InChI=1S/C12H13N3O3S/c1-18-10-4-7-12(14-8-10)15-19(16,17)11-5-2-9(13)3-6-11/h2-8H,13H2,1H3,(H,14,15). The molecule has 0 fully saturated rings. The molecule has 0 bridgehead atoms. The van der Waals surface area contributed by atoms with Crippen molar-refractivity contribution in [3.05, 3.63) is 42.6 Å². The summed E-state index contributed by atoms with van der Waals surface area (Å²) in [6.07, 6.45) is 1.43. The van der Waals surface area contributed by atoms with Crippen molar-refractivity contribution in [1.82, 2.24) is 4.98 Å². The fourth-order valence-corrected chi connectivity index (χ4v) is 2.41. The Labute approximate surface area is 111 Å². The Kier molecular flexibility index (Phi) is 3.57. The Morgan fingerprint density at radius 1 is 1.16 bits per heavy atom. The molecule has 0 aliphatic heterocycles. The van der Waals surface area contributed by atoms with Crippen molar-refractivity contribution >= 4 is 21.5 Å². The molecular weight excluding hydrogens is 266 g/mol. The lowest BCUT2D eigenvalue weighted by atomic mass is 10.3. The van der Waals surface area contributed by atoms with Crippen molar-refractivity contribution in [3.8, 4) is 5.75 Å². The Morgan fingerprint density at radius 3 is 2.37 bits per heavy atom. The van der Waals surface area contributed by atoms with Crippen LogP contribution in [-0.2, 0) is 10.0 Å². The lowest BCUT2D eigenvalue weighted by Crippen LogP contribution is -2.13. The molecule has 0 atom stereocenters. The van der Waals surface area contributed by atoms with Crippen molar-refractivity contribution in [2.75, 3.05) is 17.6 Å². The molecule has 0 saturated heterocycles. The van der Waals surface area contributed by atoms with E-state index in [9.17, 15) is 8.42 Å². The second-order valence-corrected chi connectivity index (χ2v) is 5.44. The van der Waals surface area contributed by atoms with Gasteiger partial charge in [-0.15, -0.1) is 0 Å². The zero-order valence-electron chi connectivity index (χ0n) is 10.2. The maximum Gasteiger partial charge on any atom is 0.263 e. The van der Waals surface area contributed by atoms with Gasteiger partial charge in [0.2, 0.25) is 0 Å². The van der Waals surface area contributed by atoms with E-state index in [-0.39, 0.29) is 10.7 Å². The number of nitrogens with two attached hydrogens (primary N) is 1. The lowest BCUT2D eigenvalue weighted by Gasteiger charge is -2.08. The Bertz CT molecular complexity index is 652. The van der Waals surface area contributed by atoms with Crippen molar-refractivity contribution in [2.24, 2.45) is 0 Å². The molecule has 0 saturated carbocycles. The van der Waals surface area contributed by atoms with E-state index in [1.807, 2.05) is 0 Å². The van der Waals surface area contributed by atoms with Gasteiger partial charge in [0.1, 0.15) is 11.6 Å². The summed E-state index contributed by atoms with van der Waals surface area (Å²) in [6.45, 7) is 0. The van der Waals surface area contributed by atoms with Gasteiger partial charge >= 0.3 is 0 Å². The summed E-state index contributed by atoms with van der Waals surface area (Å²) in [7, 11) is -2.15. The SMILES string of the molecule is COc1ccc(NS(=O)(=O)c2ccc(N)cc2)nc1. The van der Waals surface area contributed by atoms with E-state index in [1.54, 1.807) is 6.07 Å². The molecule has 19 heavy (non-hydrogen) atoms. The summed E-state index contributed by atoms with van der Waals surface area (Å²) < 4.78 is 31.4. The zero-order valence-corrected chi connectivity index (χ0v) is 11.0. The van der Waals surface area contributed by atoms with Crippen molar-refractivity contribution in [2.45, 2.75) is 4.90 Å². The van der Waals surface area contributed by atoms with Crippen molar-refractivity contribution < 1.29 is 13.2 Å². The summed E-state index contributed by atoms with van der Waals surface area (Å²) in [5.74, 6) is 0.771. The molecule has 2 rings (SSSR count). The number of benzene rings is 1. The first-order chi connectivity index (χ1) is 9.01. The largest absolute Gasteiger partial charge is 0.495 e. The fourth-order valence-electron chi connectivity index (χ4n) is 1.40. The number of sulfonamides is 1. The number of anilines is 2. The van der Waals surface area contributed by atoms with Gasteiger partial charge in [-0.25, -0.2) is 13.4 Å². The number of methoxy groups -OCH3 is 1. The monoisotopic (exact) mass is 279 g/mol. The molecule has 0 unspecified atom stereocenters. The molecule has 1 aromatic heterocycles. The summed E-state index contributed by atoms with van der Waals surface area (Å²) in [4.78, 5) is 4.06. The van der Waals surface area contributed by atoms with Gasteiger partial charge in [-0.05, 0) is 36.4 Å². The molecule has 0 aliphatic carbocycles. The van der Waals surface area contributed by atoms with Gasteiger partial charge in [0, 0.05) is 5.69 Å². The normalized spacial score (nSPS) is 11.0. The Balaban J connectivity index is 2.23. The van der Waals surface area contributed by atoms with Crippen LogP contribution in [0.1, 0.15) is 0 Å². The predicted octanol–water partition coefficient (Wildman–Crippen LogP) is 1.47. The van der Waals surface area contributed by atoms with Crippen molar-refractivity contribution in [1.29, 1.82) is 0 Å². The van der Waals surface area contributed by atoms with Crippen LogP contribution in [0.25, 0.3) is 0 Å². The number of nitrogens with one attached hydrogen (secondary N) is 1. The molecule has 3 N–H and O–H groups in total. The van der Waals surface area contributed by atoms with Gasteiger partial charge in [0.05, 0.1) is 18.2 Å². The first-order valence-corrected chi connectivity index (χ1v) is 6.88. The molecule has 7 heteroatoms. The van der Waals surface area contributed by atoms with Gasteiger partial charge in [-0.1, -0.05) is 0 Å². The van der Waals surface area contributed by atoms with Crippen LogP contribution in [0.5, 0.6) is 5.75 Å². The third-order valence-electron chi connectivity index (χ3n) is 2.40. The van der Waals surface area contributed by atoms with E-state index in [0.29, 0.717) is 11.4 Å². The number of hydrogen-bond donors (Lipinski definition) is 2. The number of aromatic nitrogens is 1. The van der Waals surface area contributed by atoms with Gasteiger partial charge in [-0.3, -0.25) is 4.72 Å². The Hall–Kier alpha value is -2.28. The molecule has 0 aliphatic rings. The van der Waals surface area contributed by atoms with E-state index < -0.39 is 10.0 Å². The zero-order chi connectivity index (χ0) is 13.9. The minimum absolute atomic E-state index is 0.124. The number of nitrogen functional groups attached to an aromatic ring is 1. The molecule has 0 spiro atoms. The molecule has 1 aromatic carbocycles. The third-order valence-corrected chi connectivity index (χ3v) is 3.77. The van der Waals surface area contributed by atoms with Gasteiger partial charge in [0.25, 0.3) is 10.0 Å². The minimum atomic E-state index is -3.66. The van der Waals surface area contributed by atoms with Gasteiger partial charge in [0.15, 0.2) is 0 Å². The summed E-state index contributed by atoms with van der Waals surface area (Å²) >= 11 is 0. The number of nitrogens with zero attached hydrogens (tertiary/aromatic N) is 1. The van der Waals surface area contributed by atoms with Crippen LogP contribution < -0.4 is 15.2 Å². The van der Waals surface area contributed by atoms with Crippen molar-refractivity contribution in [3.63, 3.8) is 0 Å². The van der Waals surface area contributed by atoms with E-state index >= 15 is 0 Å². The van der Waals surface area contributed by atoms with Crippen LogP contribution in [0.4, 0.5) is 11.5 Å². The van der Waals surface area contributed by atoms with E-state index in [2.05, 4.69) is 9.71 Å². The third kappa shape index (κ3) is 3.14. The topological polar surface area (TPSA) is 94.3 Å². The van der Waals surface area contributed by atoms with Crippen LogP contribution in [0, 0.1) is 0 Å². The van der Waals surface area contributed by atoms with Crippen LogP contribution >= 0.6 is 0 Å². The highest BCUT2D eigenvalue weighted by Crippen LogP contribution is 2.17. The highest BCUT2D eigenvalue weighted by atomic mass is 32.2.